The number of benzene rings is 2. The highest BCUT2D eigenvalue weighted by atomic mass is 16.5. The number of methoxy groups -OCH3 is 2. The lowest BCUT2D eigenvalue weighted by molar-refractivity contribution is 0.104. The Labute approximate surface area is 129 Å². The van der Waals surface area contributed by atoms with Crippen molar-refractivity contribution in [3.63, 3.8) is 0 Å². The summed E-state index contributed by atoms with van der Waals surface area (Å²) in [7, 11) is 2.92. The third-order valence-electron chi connectivity index (χ3n) is 3.34. The van der Waals surface area contributed by atoms with Gasteiger partial charge >= 0.3 is 0 Å². The molecular formula is C18H18O4. The summed E-state index contributed by atoms with van der Waals surface area (Å²) in [6.07, 6.45) is 3.16. The molecule has 0 aliphatic carbocycles. The van der Waals surface area contributed by atoms with E-state index in [2.05, 4.69) is 0 Å². The Morgan fingerprint density at radius 2 is 1.68 bits per heavy atom. The molecular weight excluding hydrogens is 280 g/mol. The van der Waals surface area contributed by atoms with Gasteiger partial charge in [-0.2, -0.15) is 0 Å². The molecule has 0 saturated carbocycles. The Bertz CT molecular complexity index is 692. The lowest BCUT2D eigenvalue weighted by Gasteiger charge is -2.09. The molecule has 0 amide bonds. The molecule has 0 heterocycles. The van der Waals surface area contributed by atoms with Crippen molar-refractivity contribution in [2.45, 2.75) is 6.92 Å². The van der Waals surface area contributed by atoms with Gasteiger partial charge in [-0.1, -0.05) is 30.3 Å². The van der Waals surface area contributed by atoms with E-state index in [1.807, 2.05) is 25.1 Å². The fourth-order valence-corrected chi connectivity index (χ4v) is 2.12. The second-order valence-electron chi connectivity index (χ2n) is 4.79. The molecule has 0 spiro atoms. The number of phenolic OH excluding ortho intramolecular Hbond substituents is 1. The molecule has 0 radical (unpaired) electrons. The number of allylic oxidation sites excluding steroid dienone is 1. The molecule has 2 aromatic carbocycles. The van der Waals surface area contributed by atoms with Gasteiger partial charge in [0.15, 0.2) is 17.3 Å². The van der Waals surface area contributed by atoms with Crippen LogP contribution in [0.15, 0.2) is 42.5 Å². The van der Waals surface area contributed by atoms with Gasteiger partial charge in [0.05, 0.1) is 14.2 Å². The van der Waals surface area contributed by atoms with Crippen molar-refractivity contribution in [3.05, 3.63) is 59.2 Å². The van der Waals surface area contributed by atoms with Crippen LogP contribution >= 0.6 is 0 Å². The van der Waals surface area contributed by atoms with Crippen LogP contribution < -0.4 is 9.47 Å². The number of rotatable bonds is 5. The van der Waals surface area contributed by atoms with Crippen molar-refractivity contribution in [2.75, 3.05) is 14.2 Å². The van der Waals surface area contributed by atoms with E-state index >= 15 is 0 Å². The van der Waals surface area contributed by atoms with Gasteiger partial charge in [0.2, 0.25) is 5.75 Å². The van der Waals surface area contributed by atoms with Crippen LogP contribution in [0.25, 0.3) is 6.08 Å². The summed E-state index contributed by atoms with van der Waals surface area (Å²) in [6.45, 7) is 1.90. The first kappa shape index (κ1) is 15.6. The molecule has 0 aromatic heterocycles. The van der Waals surface area contributed by atoms with E-state index in [-0.39, 0.29) is 11.5 Å². The number of phenols is 1. The minimum Gasteiger partial charge on any atom is -0.502 e. The van der Waals surface area contributed by atoms with Gasteiger partial charge in [0.25, 0.3) is 0 Å². The highest BCUT2D eigenvalue weighted by molar-refractivity contribution is 6.07. The predicted molar refractivity (Wildman–Crippen MR) is 85.8 cm³/mol. The molecule has 0 fully saturated rings. The SMILES string of the molecule is COc1cc(C=CC(=O)c2ccccc2C)cc(OC)c1O. The van der Waals surface area contributed by atoms with Gasteiger partial charge in [0.1, 0.15) is 0 Å². The monoisotopic (exact) mass is 298 g/mol. The fraction of sp³-hybridized carbons (Fsp3) is 0.167. The topological polar surface area (TPSA) is 55.8 Å². The minimum atomic E-state index is -0.0795. The van der Waals surface area contributed by atoms with Crippen molar-refractivity contribution in [1.29, 1.82) is 0 Å². The largest absolute Gasteiger partial charge is 0.502 e. The number of hydrogen-bond acceptors (Lipinski definition) is 4. The number of hydrogen-bond donors (Lipinski definition) is 1. The van der Waals surface area contributed by atoms with Crippen molar-refractivity contribution in [1.82, 2.24) is 0 Å². The summed E-state index contributed by atoms with van der Waals surface area (Å²) in [6, 6.07) is 10.7. The first-order chi connectivity index (χ1) is 10.6. The van der Waals surface area contributed by atoms with Crippen LogP contribution in [0.3, 0.4) is 0 Å². The van der Waals surface area contributed by atoms with Gasteiger partial charge in [-0.15, -0.1) is 0 Å². The zero-order valence-corrected chi connectivity index (χ0v) is 12.8. The third-order valence-corrected chi connectivity index (χ3v) is 3.34. The van der Waals surface area contributed by atoms with Gasteiger partial charge in [-0.3, -0.25) is 4.79 Å². The van der Waals surface area contributed by atoms with Crippen LogP contribution in [0.4, 0.5) is 0 Å². The Morgan fingerprint density at radius 3 is 2.23 bits per heavy atom. The van der Waals surface area contributed by atoms with Gasteiger partial charge in [0, 0.05) is 5.56 Å². The predicted octanol–water partition coefficient (Wildman–Crippen LogP) is 3.61. The fourth-order valence-electron chi connectivity index (χ4n) is 2.12. The summed E-state index contributed by atoms with van der Waals surface area (Å²) in [4.78, 5) is 12.2. The number of carbonyl (C=O) groups excluding carboxylic acids is 1. The third kappa shape index (κ3) is 3.28. The van der Waals surface area contributed by atoms with E-state index in [4.69, 9.17) is 9.47 Å². The number of aromatic hydroxyl groups is 1. The molecule has 0 atom stereocenters. The zero-order valence-electron chi connectivity index (χ0n) is 12.8. The van der Waals surface area contributed by atoms with Gasteiger partial charge in [-0.05, 0) is 36.3 Å². The minimum absolute atomic E-state index is 0.0626. The summed E-state index contributed by atoms with van der Waals surface area (Å²) in [5.74, 6) is 0.446. The number of aryl methyl sites for hydroxylation is 1. The maximum atomic E-state index is 12.2. The van der Waals surface area contributed by atoms with Crippen LogP contribution in [0.1, 0.15) is 21.5 Å². The molecule has 1 N–H and O–H groups in total. The first-order valence-corrected chi connectivity index (χ1v) is 6.80. The second kappa shape index (κ2) is 6.80. The summed E-state index contributed by atoms with van der Waals surface area (Å²) >= 11 is 0. The van der Waals surface area contributed by atoms with E-state index < -0.39 is 0 Å². The van der Waals surface area contributed by atoms with Crippen LogP contribution in [0.5, 0.6) is 17.2 Å². The zero-order chi connectivity index (χ0) is 16.1. The standard InChI is InChI=1S/C18H18O4/c1-12-6-4-5-7-14(12)15(19)9-8-13-10-16(21-2)18(20)17(11-13)22-3/h4-11,20H,1-3H3. The Hall–Kier alpha value is -2.75. The average molecular weight is 298 g/mol. The van der Waals surface area contributed by atoms with Crippen molar-refractivity contribution < 1.29 is 19.4 Å². The maximum Gasteiger partial charge on any atom is 0.200 e. The second-order valence-corrected chi connectivity index (χ2v) is 4.79. The molecule has 0 saturated heterocycles. The smallest absolute Gasteiger partial charge is 0.200 e. The van der Waals surface area contributed by atoms with Crippen LogP contribution in [0, 0.1) is 6.92 Å². The van der Waals surface area contributed by atoms with Gasteiger partial charge in [-0.25, -0.2) is 0 Å². The lowest BCUT2D eigenvalue weighted by Crippen LogP contribution is -1.97. The van der Waals surface area contributed by atoms with Crippen molar-refractivity contribution in [3.8, 4) is 17.2 Å². The van der Waals surface area contributed by atoms with Crippen LogP contribution in [-0.4, -0.2) is 25.1 Å². The summed E-state index contributed by atoms with van der Waals surface area (Å²) in [5.41, 5.74) is 2.29. The molecule has 0 unspecified atom stereocenters. The molecule has 2 aromatic rings. The van der Waals surface area contributed by atoms with E-state index in [9.17, 15) is 9.90 Å². The molecule has 22 heavy (non-hydrogen) atoms. The highest BCUT2D eigenvalue weighted by Crippen LogP contribution is 2.37. The first-order valence-electron chi connectivity index (χ1n) is 6.80. The molecule has 114 valence electrons. The Balaban J connectivity index is 2.30. The molecule has 4 nitrogen and oxygen atoms in total. The van der Waals surface area contributed by atoms with E-state index in [0.29, 0.717) is 22.6 Å². The summed E-state index contributed by atoms with van der Waals surface area (Å²) in [5, 5.41) is 9.86. The number of carbonyl (C=O) groups is 1. The Kier molecular flexibility index (Phi) is 4.84. The van der Waals surface area contributed by atoms with Crippen LogP contribution in [-0.2, 0) is 0 Å². The quantitative estimate of drug-likeness (QED) is 0.676. The molecule has 4 heteroatoms. The van der Waals surface area contributed by atoms with Crippen molar-refractivity contribution in [2.24, 2.45) is 0 Å². The lowest BCUT2D eigenvalue weighted by atomic mass is 10.0. The van der Waals surface area contributed by atoms with E-state index in [1.54, 1.807) is 24.3 Å². The van der Waals surface area contributed by atoms with E-state index in [1.165, 1.54) is 20.3 Å². The molecule has 0 aliphatic rings. The maximum absolute atomic E-state index is 12.2. The van der Waals surface area contributed by atoms with E-state index in [0.717, 1.165) is 5.56 Å². The number of ether oxygens (including phenoxy) is 2. The molecule has 2 rings (SSSR count). The normalized spacial score (nSPS) is 10.7. The number of ketones is 1. The highest BCUT2D eigenvalue weighted by Gasteiger charge is 2.10. The molecule has 0 bridgehead atoms. The average Bonchev–Trinajstić information content (AvgIpc) is 2.54. The van der Waals surface area contributed by atoms with Gasteiger partial charge < -0.3 is 14.6 Å². The van der Waals surface area contributed by atoms with Crippen LogP contribution in [0.2, 0.25) is 0 Å². The molecule has 0 aliphatic heterocycles. The van der Waals surface area contributed by atoms with Crippen molar-refractivity contribution >= 4 is 11.9 Å². The summed E-state index contributed by atoms with van der Waals surface area (Å²) < 4.78 is 10.2. The Morgan fingerprint density at radius 1 is 1.09 bits per heavy atom.